The largest absolute Gasteiger partial charge is 0.351 e. The summed E-state index contributed by atoms with van der Waals surface area (Å²) in [6.45, 7) is 0.716. The lowest BCUT2D eigenvalue weighted by atomic mass is 10.2. The summed E-state index contributed by atoms with van der Waals surface area (Å²) in [5, 5.41) is 2.83. The molecule has 0 saturated heterocycles. The number of carbonyl (C=O) groups excluding carboxylic acids is 1. The molecule has 0 aliphatic carbocycles. The van der Waals surface area contributed by atoms with Gasteiger partial charge < -0.3 is 5.32 Å². The first-order chi connectivity index (χ1) is 6.84. The van der Waals surface area contributed by atoms with Crippen molar-refractivity contribution in [3.05, 3.63) is 16.6 Å². The summed E-state index contributed by atoms with van der Waals surface area (Å²) >= 11 is 6.89. The maximum atomic E-state index is 11.4. The molecule has 1 rings (SSSR count). The molecule has 14 heavy (non-hydrogen) atoms. The van der Waals surface area contributed by atoms with Crippen LogP contribution < -0.4 is 5.32 Å². The number of nitrogens with zero attached hydrogens (tertiary/aromatic N) is 1. The van der Waals surface area contributed by atoms with E-state index in [2.05, 4.69) is 10.3 Å². The zero-order valence-corrected chi connectivity index (χ0v) is 9.40. The highest BCUT2D eigenvalue weighted by atomic mass is 35.5. The van der Waals surface area contributed by atoms with Crippen molar-refractivity contribution in [1.29, 1.82) is 0 Å². The third kappa shape index (κ3) is 4.07. The Morgan fingerprint density at radius 3 is 3.00 bits per heavy atom. The van der Waals surface area contributed by atoms with E-state index in [9.17, 15) is 4.79 Å². The minimum atomic E-state index is -0.0293. The van der Waals surface area contributed by atoms with Gasteiger partial charge in [0.15, 0.2) is 0 Å². The third-order valence-electron chi connectivity index (χ3n) is 1.75. The molecule has 1 aromatic heterocycles. The van der Waals surface area contributed by atoms with Crippen molar-refractivity contribution >= 4 is 28.8 Å². The van der Waals surface area contributed by atoms with Crippen LogP contribution in [0.3, 0.4) is 0 Å². The van der Waals surface area contributed by atoms with Crippen LogP contribution in [0.2, 0.25) is 0 Å². The van der Waals surface area contributed by atoms with Crippen LogP contribution in [0.15, 0.2) is 11.7 Å². The van der Waals surface area contributed by atoms with E-state index in [1.54, 1.807) is 11.7 Å². The van der Waals surface area contributed by atoms with Gasteiger partial charge in [0.1, 0.15) is 4.88 Å². The topological polar surface area (TPSA) is 42.0 Å². The van der Waals surface area contributed by atoms with E-state index >= 15 is 0 Å². The molecule has 1 N–H and O–H groups in total. The number of aromatic nitrogens is 1. The van der Waals surface area contributed by atoms with Crippen LogP contribution in [-0.4, -0.2) is 23.3 Å². The smallest absolute Gasteiger partial charge is 0.262 e. The molecular weight excluding hydrogens is 220 g/mol. The van der Waals surface area contributed by atoms with Crippen molar-refractivity contribution < 1.29 is 4.79 Å². The first kappa shape index (κ1) is 11.5. The molecule has 0 spiro atoms. The maximum Gasteiger partial charge on any atom is 0.262 e. The number of halogens is 1. The van der Waals surface area contributed by atoms with Crippen LogP contribution in [0.1, 0.15) is 28.9 Å². The number of hydrogen-bond donors (Lipinski definition) is 1. The minimum Gasteiger partial charge on any atom is -0.351 e. The SMILES string of the molecule is O=C(NCCCCCCl)c1cncs1. The summed E-state index contributed by atoms with van der Waals surface area (Å²) in [7, 11) is 0. The molecule has 1 heterocycles. The van der Waals surface area contributed by atoms with Gasteiger partial charge in [-0.3, -0.25) is 9.78 Å². The first-order valence-corrected chi connectivity index (χ1v) is 5.98. The van der Waals surface area contributed by atoms with Gasteiger partial charge in [-0.05, 0) is 12.8 Å². The average Bonchev–Trinajstić information content (AvgIpc) is 2.70. The van der Waals surface area contributed by atoms with Gasteiger partial charge in [0.2, 0.25) is 0 Å². The van der Waals surface area contributed by atoms with Crippen molar-refractivity contribution in [2.24, 2.45) is 0 Å². The predicted octanol–water partition coefficient (Wildman–Crippen LogP) is 2.28. The Bertz CT molecular complexity index is 264. The second-order valence-electron chi connectivity index (χ2n) is 2.87. The predicted molar refractivity (Wildman–Crippen MR) is 59.0 cm³/mol. The van der Waals surface area contributed by atoms with Crippen LogP contribution in [-0.2, 0) is 0 Å². The lowest BCUT2D eigenvalue weighted by Gasteiger charge is -2.01. The summed E-state index contributed by atoms with van der Waals surface area (Å²) in [6, 6.07) is 0. The van der Waals surface area contributed by atoms with E-state index in [4.69, 9.17) is 11.6 Å². The Morgan fingerprint density at radius 2 is 2.36 bits per heavy atom. The molecule has 0 aliphatic heterocycles. The molecule has 0 saturated carbocycles. The molecule has 1 aromatic rings. The van der Waals surface area contributed by atoms with Crippen molar-refractivity contribution in [3.63, 3.8) is 0 Å². The molecule has 0 radical (unpaired) electrons. The van der Waals surface area contributed by atoms with E-state index < -0.39 is 0 Å². The highest BCUT2D eigenvalue weighted by molar-refractivity contribution is 7.11. The standard InChI is InChI=1S/C9H13ClN2OS/c10-4-2-1-3-5-12-9(13)8-6-11-7-14-8/h6-7H,1-5H2,(H,12,13). The van der Waals surface area contributed by atoms with Crippen LogP contribution >= 0.6 is 22.9 Å². The van der Waals surface area contributed by atoms with E-state index in [0.29, 0.717) is 17.3 Å². The lowest BCUT2D eigenvalue weighted by Crippen LogP contribution is -2.23. The number of carbonyl (C=O) groups is 1. The Morgan fingerprint density at radius 1 is 1.50 bits per heavy atom. The van der Waals surface area contributed by atoms with Crippen molar-refractivity contribution in [3.8, 4) is 0 Å². The average molecular weight is 233 g/mol. The number of nitrogens with one attached hydrogen (secondary N) is 1. The number of alkyl halides is 1. The Hall–Kier alpha value is -0.610. The Labute approximate surface area is 92.5 Å². The van der Waals surface area contributed by atoms with Crippen molar-refractivity contribution in [2.45, 2.75) is 19.3 Å². The summed E-state index contributed by atoms with van der Waals surface area (Å²) in [5.74, 6) is 0.668. The summed E-state index contributed by atoms with van der Waals surface area (Å²) in [5.41, 5.74) is 1.66. The van der Waals surface area contributed by atoms with E-state index in [1.807, 2.05) is 0 Å². The van der Waals surface area contributed by atoms with E-state index in [1.165, 1.54) is 11.3 Å². The second kappa shape index (κ2) is 6.79. The number of thiazole rings is 1. The van der Waals surface area contributed by atoms with E-state index in [0.717, 1.165) is 19.3 Å². The van der Waals surface area contributed by atoms with Crippen LogP contribution in [0, 0.1) is 0 Å². The Balaban J connectivity index is 2.10. The molecule has 0 aromatic carbocycles. The monoisotopic (exact) mass is 232 g/mol. The maximum absolute atomic E-state index is 11.4. The van der Waals surface area contributed by atoms with E-state index in [-0.39, 0.29) is 5.91 Å². The molecule has 0 unspecified atom stereocenters. The van der Waals surface area contributed by atoms with Crippen molar-refractivity contribution in [2.75, 3.05) is 12.4 Å². The first-order valence-electron chi connectivity index (χ1n) is 4.57. The van der Waals surface area contributed by atoms with Crippen LogP contribution in [0.5, 0.6) is 0 Å². The number of rotatable bonds is 6. The molecule has 0 fully saturated rings. The molecule has 0 atom stereocenters. The summed E-state index contributed by atoms with van der Waals surface area (Å²) in [6.07, 6.45) is 4.64. The van der Waals surface area contributed by atoms with Gasteiger partial charge in [0.05, 0.1) is 11.7 Å². The third-order valence-corrected chi connectivity index (χ3v) is 2.79. The molecule has 5 heteroatoms. The molecule has 0 aliphatic rings. The van der Waals surface area contributed by atoms with Gasteiger partial charge in [0, 0.05) is 12.4 Å². The summed E-state index contributed by atoms with van der Waals surface area (Å²) < 4.78 is 0. The second-order valence-corrected chi connectivity index (χ2v) is 4.14. The quantitative estimate of drug-likeness (QED) is 0.604. The van der Waals surface area contributed by atoms with Crippen LogP contribution in [0.4, 0.5) is 0 Å². The van der Waals surface area contributed by atoms with Gasteiger partial charge in [-0.25, -0.2) is 0 Å². The zero-order valence-electron chi connectivity index (χ0n) is 7.83. The van der Waals surface area contributed by atoms with Gasteiger partial charge in [-0.15, -0.1) is 22.9 Å². The normalized spacial score (nSPS) is 10.1. The number of unbranched alkanes of at least 4 members (excludes halogenated alkanes) is 2. The van der Waals surface area contributed by atoms with Crippen molar-refractivity contribution in [1.82, 2.24) is 10.3 Å². The summed E-state index contributed by atoms with van der Waals surface area (Å²) in [4.78, 5) is 15.9. The van der Waals surface area contributed by atoms with Gasteiger partial charge in [0.25, 0.3) is 5.91 Å². The fourth-order valence-electron chi connectivity index (χ4n) is 1.01. The highest BCUT2D eigenvalue weighted by Gasteiger charge is 2.04. The zero-order chi connectivity index (χ0) is 10.2. The lowest BCUT2D eigenvalue weighted by molar-refractivity contribution is 0.0957. The van der Waals surface area contributed by atoms with Gasteiger partial charge in [-0.1, -0.05) is 6.42 Å². The fraction of sp³-hybridized carbons (Fsp3) is 0.556. The Kier molecular flexibility index (Phi) is 5.56. The number of hydrogen-bond acceptors (Lipinski definition) is 3. The molecule has 3 nitrogen and oxygen atoms in total. The molecule has 1 amide bonds. The highest BCUT2D eigenvalue weighted by Crippen LogP contribution is 2.04. The number of amides is 1. The van der Waals surface area contributed by atoms with Crippen LogP contribution in [0.25, 0.3) is 0 Å². The minimum absolute atomic E-state index is 0.0293. The fourth-order valence-corrected chi connectivity index (χ4v) is 1.74. The molecular formula is C9H13ClN2OS. The van der Waals surface area contributed by atoms with Gasteiger partial charge >= 0.3 is 0 Å². The molecule has 0 bridgehead atoms. The van der Waals surface area contributed by atoms with Gasteiger partial charge in [-0.2, -0.15) is 0 Å². The molecule has 78 valence electrons.